The van der Waals surface area contributed by atoms with Gasteiger partial charge in [0.2, 0.25) is 6.04 Å². The number of nitrogens with two attached hydrogens (primary N) is 1. The van der Waals surface area contributed by atoms with Crippen LogP contribution in [0.25, 0.3) is 0 Å². The van der Waals surface area contributed by atoms with Crippen LogP contribution in [0.1, 0.15) is 51.4 Å². The summed E-state index contributed by atoms with van der Waals surface area (Å²) >= 11 is 0. The molecule has 1 aliphatic heterocycles. The molecule has 0 bridgehead atoms. The Morgan fingerprint density at radius 1 is 1.09 bits per heavy atom. The molecule has 6 atom stereocenters. The molecule has 23 heavy (non-hydrogen) atoms. The summed E-state index contributed by atoms with van der Waals surface area (Å²) in [6, 6.07) is 1.24. The van der Waals surface area contributed by atoms with Gasteiger partial charge in [-0.05, 0) is 62.2 Å². The second-order valence-electron chi connectivity index (χ2n) is 8.29. The van der Waals surface area contributed by atoms with E-state index in [-0.39, 0.29) is 11.0 Å². The molecule has 0 radical (unpaired) electrons. The van der Waals surface area contributed by atoms with Crippen LogP contribution in [0.15, 0.2) is 12.2 Å². The van der Waals surface area contributed by atoms with Crippen LogP contribution in [0.5, 0.6) is 0 Å². The highest BCUT2D eigenvalue weighted by atomic mass is 16.6. The van der Waals surface area contributed by atoms with Crippen LogP contribution in [0.2, 0.25) is 0 Å². The van der Waals surface area contributed by atoms with E-state index in [1.807, 2.05) is 0 Å². The molecule has 6 unspecified atom stereocenters. The van der Waals surface area contributed by atoms with Crippen LogP contribution >= 0.6 is 0 Å². The number of hydrogen-bond donors (Lipinski definition) is 2. The topological polar surface area (TPSA) is 81.2 Å². The summed E-state index contributed by atoms with van der Waals surface area (Å²) < 4.78 is 0. The average molecular weight is 319 g/mol. The second-order valence-corrected chi connectivity index (χ2v) is 8.29. The molecule has 4 aliphatic rings. The molecule has 0 aromatic heterocycles. The number of nitrogens with zero attached hydrogens (tertiary/aromatic N) is 1. The van der Waals surface area contributed by atoms with Gasteiger partial charge in [-0.25, -0.2) is 0 Å². The van der Waals surface area contributed by atoms with Crippen LogP contribution < -0.4 is 11.1 Å². The summed E-state index contributed by atoms with van der Waals surface area (Å²) in [5.74, 6) is 2.70. The third-order valence-corrected chi connectivity index (χ3v) is 7.11. The summed E-state index contributed by atoms with van der Waals surface area (Å²) in [5.41, 5.74) is 6.23. The first-order chi connectivity index (χ1) is 11.1. The number of nitro groups is 1. The molecule has 3 fully saturated rings. The maximum absolute atomic E-state index is 11.0. The highest BCUT2D eigenvalue weighted by Gasteiger charge is 2.49. The molecular formula is C18H29N3O2. The lowest BCUT2D eigenvalue weighted by molar-refractivity contribution is -0.527. The van der Waals surface area contributed by atoms with Crippen molar-refractivity contribution >= 4 is 0 Å². The molecule has 5 nitrogen and oxygen atoms in total. The summed E-state index contributed by atoms with van der Waals surface area (Å²) in [4.78, 5) is 10.9. The number of hydrogen-bond acceptors (Lipinski definition) is 4. The molecule has 5 heteroatoms. The third kappa shape index (κ3) is 2.82. The summed E-state index contributed by atoms with van der Waals surface area (Å²) in [6.45, 7) is 0. The first-order valence-corrected chi connectivity index (χ1v) is 9.45. The van der Waals surface area contributed by atoms with Gasteiger partial charge in [0.05, 0.1) is 0 Å². The van der Waals surface area contributed by atoms with Crippen LogP contribution in [0.3, 0.4) is 0 Å². The number of piperidine rings is 1. The fourth-order valence-electron chi connectivity index (χ4n) is 5.94. The summed E-state index contributed by atoms with van der Waals surface area (Å²) in [6.07, 6.45) is 13.1. The van der Waals surface area contributed by atoms with Crippen molar-refractivity contribution in [1.29, 1.82) is 0 Å². The minimum atomic E-state index is -0.298. The van der Waals surface area contributed by atoms with E-state index in [4.69, 9.17) is 5.73 Å². The smallest absolute Gasteiger partial charge is 0.213 e. The fourth-order valence-corrected chi connectivity index (χ4v) is 5.94. The maximum Gasteiger partial charge on any atom is 0.213 e. The largest absolute Gasteiger partial charge is 0.328 e. The standard InChI is InChI=1S/C18H29N3O2/c19-12-6-9-17-16(10-12)14-2-1-3-15(14)18(20-17)11-4-7-13(8-5-11)21(22)23/h1-2,11-18,20H,3-10,19H2. The molecule has 3 aliphatic carbocycles. The Labute approximate surface area is 138 Å². The van der Waals surface area contributed by atoms with Crippen molar-refractivity contribution < 1.29 is 4.92 Å². The number of nitrogens with one attached hydrogen (secondary N) is 1. The molecule has 1 heterocycles. The Morgan fingerprint density at radius 2 is 1.87 bits per heavy atom. The van der Waals surface area contributed by atoms with Gasteiger partial charge in [-0.3, -0.25) is 10.1 Å². The normalized spacial score (nSPS) is 49.4. The van der Waals surface area contributed by atoms with E-state index in [9.17, 15) is 10.1 Å². The fraction of sp³-hybridized carbons (Fsp3) is 0.889. The van der Waals surface area contributed by atoms with Gasteiger partial charge in [0.25, 0.3) is 0 Å². The average Bonchev–Trinajstić information content (AvgIpc) is 3.04. The Kier molecular flexibility index (Phi) is 4.18. The van der Waals surface area contributed by atoms with E-state index in [1.54, 1.807) is 0 Å². The second kappa shape index (κ2) is 6.17. The van der Waals surface area contributed by atoms with Crippen LogP contribution in [-0.2, 0) is 0 Å². The predicted molar refractivity (Wildman–Crippen MR) is 89.5 cm³/mol. The third-order valence-electron chi connectivity index (χ3n) is 7.11. The van der Waals surface area contributed by atoms with Crippen molar-refractivity contribution in [2.24, 2.45) is 29.4 Å². The Hall–Kier alpha value is -0.940. The lowest BCUT2D eigenvalue weighted by Crippen LogP contribution is -2.61. The van der Waals surface area contributed by atoms with Gasteiger partial charge in [0.1, 0.15) is 0 Å². The molecule has 3 N–H and O–H groups in total. The van der Waals surface area contributed by atoms with Crippen molar-refractivity contribution in [3.05, 3.63) is 22.3 Å². The lowest BCUT2D eigenvalue weighted by atomic mass is 9.63. The van der Waals surface area contributed by atoms with E-state index >= 15 is 0 Å². The first-order valence-electron chi connectivity index (χ1n) is 9.45. The van der Waals surface area contributed by atoms with Gasteiger partial charge in [-0.15, -0.1) is 0 Å². The van der Waals surface area contributed by atoms with E-state index in [2.05, 4.69) is 17.5 Å². The van der Waals surface area contributed by atoms with E-state index in [0.717, 1.165) is 38.5 Å². The van der Waals surface area contributed by atoms with Gasteiger partial charge in [-0.2, -0.15) is 0 Å². The molecule has 128 valence electrons. The molecule has 2 saturated carbocycles. The monoisotopic (exact) mass is 319 g/mol. The Bertz CT molecular complexity index is 487. The zero-order valence-electron chi connectivity index (χ0n) is 13.8. The van der Waals surface area contributed by atoms with Gasteiger partial charge in [0.15, 0.2) is 0 Å². The minimum Gasteiger partial charge on any atom is -0.328 e. The molecule has 0 spiro atoms. The van der Waals surface area contributed by atoms with Crippen molar-refractivity contribution in [2.45, 2.75) is 75.5 Å². The molecule has 0 amide bonds. The quantitative estimate of drug-likeness (QED) is 0.465. The SMILES string of the molecule is NC1CCC2NC(C3CCC([N+](=O)[O-])CC3)C3CC=CC3C2C1. The highest BCUT2D eigenvalue weighted by molar-refractivity contribution is 5.14. The minimum absolute atomic E-state index is 0.0665. The van der Waals surface area contributed by atoms with Gasteiger partial charge < -0.3 is 11.1 Å². The van der Waals surface area contributed by atoms with Crippen LogP contribution in [0.4, 0.5) is 0 Å². The van der Waals surface area contributed by atoms with Crippen LogP contribution in [0, 0.1) is 33.8 Å². The maximum atomic E-state index is 11.0. The molecular weight excluding hydrogens is 290 g/mol. The molecule has 4 rings (SSSR count). The van der Waals surface area contributed by atoms with Gasteiger partial charge >= 0.3 is 0 Å². The molecule has 0 aromatic rings. The Balaban J connectivity index is 1.47. The number of fused-ring (bicyclic) bond motifs is 3. The van der Waals surface area contributed by atoms with Crippen molar-refractivity contribution in [1.82, 2.24) is 5.32 Å². The van der Waals surface area contributed by atoms with E-state index in [1.165, 1.54) is 12.8 Å². The first kappa shape index (κ1) is 15.6. The summed E-state index contributed by atoms with van der Waals surface area (Å²) in [5, 5.41) is 15.0. The molecule has 0 aromatic carbocycles. The zero-order valence-corrected chi connectivity index (χ0v) is 13.8. The Morgan fingerprint density at radius 3 is 2.61 bits per heavy atom. The van der Waals surface area contributed by atoms with Crippen LogP contribution in [-0.4, -0.2) is 29.1 Å². The zero-order chi connectivity index (χ0) is 16.0. The van der Waals surface area contributed by atoms with Crippen molar-refractivity contribution in [2.75, 3.05) is 0 Å². The highest BCUT2D eigenvalue weighted by Crippen LogP contribution is 2.47. The number of allylic oxidation sites excluding steroid dienone is 2. The predicted octanol–water partition coefficient (Wildman–Crippen LogP) is 2.48. The van der Waals surface area contributed by atoms with E-state index in [0.29, 0.717) is 41.8 Å². The van der Waals surface area contributed by atoms with Crippen molar-refractivity contribution in [3.63, 3.8) is 0 Å². The van der Waals surface area contributed by atoms with Gasteiger partial charge in [0, 0.05) is 35.9 Å². The lowest BCUT2D eigenvalue weighted by Gasteiger charge is -2.51. The van der Waals surface area contributed by atoms with Crippen molar-refractivity contribution in [3.8, 4) is 0 Å². The molecule has 1 saturated heterocycles. The number of rotatable bonds is 2. The van der Waals surface area contributed by atoms with Gasteiger partial charge in [-0.1, -0.05) is 12.2 Å². The summed E-state index contributed by atoms with van der Waals surface area (Å²) in [7, 11) is 0. The van der Waals surface area contributed by atoms with E-state index < -0.39 is 0 Å².